The maximum Gasteiger partial charge on any atom is 0.0361 e. The molecule has 0 aliphatic rings. The maximum atomic E-state index is 7.94. The minimum absolute atomic E-state index is 0.593. The van der Waals surface area contributed by atoms with Crippen LogP contribution in [0.5, 0.6) is 0 Å². The molecule has 0 fully saturated rings. The van der Waals surface area contributed by atoms with Crippen LogP contribution in [0.3, 0.4) is 0 Å². The number of hydrogen-bond acceptors (Lipinski definition) is 1. The molecule has 0 unspecified atom stereocenters. The first kappa shape index (κ1) is 13.3. The van der Waals surface area contributed by atoms with Gasteiger partial charge >= 0.3 is 0 Å². The highest BCUT2D eigenvalue weighted by atomic mass is 14.4. The van der Waals surface area contributed by atoms with E-state index in [1.807, 2.05) is 31.2 Å². The second-order valence-corrected chi connectivity index (χ2v) is 5.12. The normalized spacial score (nSPS) is 10.3. The molecule has 1 nitrogen and oxygen atoms in total. The van der Waals surface area contributed by atoms with E-state index in [0.717, 1.165) is 16.7 Å². The topological polar surface area (TPSA) is 23.9 Å². The smallest absolute Gasteiger partial charge is 0.0361 e. The molecular formula is C20H17N. The Morgan fingerprint density at radius 1 is 0.667 bits per heavy atom. The van der Waals surface area contributed by atoms with Gasteiger partial charge in [-0.1, -0.05) is 72.8 Å². The summed E-state index contributed by atoms with van der Waals surface area (Å²) in [7, 11) is 0. The van der Waals surface area contributed by atoms with Crippen molar-refractivity contribution < 1.29 is 0 Å². The molecule has 102 valence electrons. The highest BCUT2D eigenvalue weighted by Crippen LogP contribution is 2.28. The van der Waals surface area contributed by atoms with E-state index < -0.39 is 0 Å². The lowest BCUT2D eigenvalue weighted by Gasteiger charge is -2.10. The molecule has 1 heteroatoms. The van der Waals surface area contributed by atoms with E-state index in [-0.39, 0.29) is 0 Å². The average molecular weight is 271 g/mol. The minimum atomic E-state index is 0.593. The van der Waals surface area contributed by atoms with Gasteiger partial charge in [-0.15, -0.1) is 0 Å². The van der Waals surface area contributed by atoms with Crippen LogP contribution in [0.1, 0.15) is 12.5 Å². The van der Waals surface area contributed by atoms with Crippen molar-refractivity contribution in [2.45, 2.75) is 6.92 Å². The van der Waals surface area contributed by atoms with E-state index >= 15 is 0 Å². The largest absolute Gasteiger partial charge is 0.305 e. The molecule has 3 aromatic carbocycles. The summed E-state index contributed by atoms with van der Waals surface area (Å²) in [4.78, 5) is 0. The van der Waals surface area contributed by atoms with Gasteiger partial charge in [0.1, 0.15) is 0 Å². The third kappa shape index (κ3) is 2.77. The van der Waals surface area contributed by atoms with E-state index in [9.17, 15) is 0 Å². The second kappa shape index (κ2) is 5.76. The summed E-state index contributed by atoms with van der Waals surface area (Å²) < 4.78 is 0. The zero-order chi connectivity index (χ0) is 14.7. The standard InChI is InChI=1S/C20H17N/c1-15(21)19-12-5-6-13-20(19)18-11-7-10-17(14-18)16-8-3-2-4-9-16/h2-14,21H,1H3. The molecular weight excluding hydrogens is 254 g/mol. The first-order valence-electron chi connectivity index (χ1n) is 7.06. The summed E-state index contributed by atoms with van der Waals surface area (Å²) in [5.41, 5.74) is 6.26. The van der Waals surface area contributed by atoms with Crippen molar-refractivity contribution in [3.63, 3.8) is 0 Å². The molecule has 1 N–H and O–H groups in total. The Morgan fingerprint density at radius 2 is 1.29 bits per heavy atom. The van der Waals surface area contributed by atoms with E-state index in [0.29, 0.717) is 5.71 Å². The van der Waals surface area contributed by atoms with Gasteiger partial charge in [-0.3, -0.25) is 0 Å². The molecule has 21 heavy (non-hydrogen) atoms. The van der Waals surface area contributed by atoms with Crippen molar-refractivity contribution in [1.29, 1.82) is 5.41 Å². The zero-order valence-corrected chi connectivity index (χ0v) is 12.0. The summed E-state index contributed by atoms with van der Waals surface area (Å²) in [6.07, 6.45) is 0. The molecule has 3 rings (SSSR count). The second-order valence-electron chi connectivity index (χ2n) is 5.12. The third-order valence-corrected chi connectivity index (χ3v) is 3.61. The van der Waals surface area contributed by atoms with E-state index in [2.05, 4.69) is 54.6 Å². The van der Waals surface area contributed by atoms with Gasteiger partial charge in [0.15, 0.2) is 0 Å². The predicted molar refractivity (Wildman–Crippen MR) is 89.8 cm³/mol. The van der Waals surface area contributed by atoms with Gasteiger partial charge in [0.05, 0.1) is 0 Å². The summed E-state index contributed by atoms with van der Waals surface area (Å²) in [6, 6.07) is 27.0. The van der Waals surface area contributed by atoms with Crippen LogP contribution in [0.25, 0.3) is 22.3 Å². The lowest BCUT2D eigenvalue weighted by Crippen LogP contribution is -1.95. The van der Waals surface area contributed by atoms with Crippen LogP contribution in [-0.2, 0) is 0 Å². The fraction of sp³-hybridized carbons (Fsp3) is 0.0500. The van der Waals surface area contributed by atoms with E-state index in [1.165, 1.54) is 11.1 Å². The van der Waals surface area contributed by atoms with Crippen molar-refractivity contribution in [2.75, 3.05) is 0 Å². The molecule has 0 aromatic heterocycles. The van der Waals surface area contributed by atoms with E-state index in [4.69, 9.17) is 5.41 Å². The van der Waals surface area contributed by atoms with E-state index in [1.54, 1.807) is 0 Å². The van der Waals surface area contributed by atoms with Crippen LogP contribution >= 0.6 is 0 Å². The SMILES string of the molecule is CC(=N)c1ccccc1-c1cccc(-c2ccccc2)c1. The van der Waals surface area contributed by atoms with Gasteiger partial charge in [0, 0.05) is 11.3 Å². The molecule has 0 saturated heterocycles. The van der Waals surface area contributed by atoms with Crippen molar-refractivity contribution in [2.24, 2.45) is 0 Å². The Kier molecular flexibility index (Phi) is 3.65. The van der Waals surface area contributed by atoms with Crippen LogP contribution in [0.15, 0.2) is 78.9 Å². The lowest BCUT2D eigenvalue weighted by molar-refractivity contribution is 1.45. The summed E-state index contributed by atoms with van der Waals surface area (Å²) in [6.45, 7) is 1.83. The predicted octanol–water partition coefficient (Wildman–Crippen LogP) is 5.41. The number of hydrogen-bond donors (Lipinski definition) is 1. The Morgan fingerprint density at radius 3 is 2.05 bits per heavy atom. The summed E-state index contributed by atoms with van der Waals surface area (Å²) in [5.74, 6) is 0. The average Bonchev–Trinajstić information content (AvgIpc) is 2.56. The maximum absolute atomic E-state index is 7.94. The lowest BCUT2D eigenvalue weighted by atomic mass is 9.94. The third-order valence-electron chi connectivity index (χ3n) is 3.61. The van der Waals surface area contributed by atoms with Crippen molar-refractivity contribution in [3.8, 4) is 22.3 Å². The minimum Gasteiger partial charge on any atom is -0.305 e. The van der Waals surface area contributed by atoms with Crippen molar-refractivity contribution >= 4 is 5.71 Å². The van der Waals surface area contributed by atoms with Gasteiger partial charge in [-0.2, -0.15) is 0 Å². The molecule has 0 aliphatic carbocycles. The van der Waals surface area contributed by atoms with Crippen LogP contribution < -0.4 is 0 Å². The molecule has 0 amide bonds. The van der Waals surface area contributed by atoms with Crippen LogP contribution in [0.2, 0.25) is 0 Å². The fourth-order valence-electron chi connectivity index (χ4n) is 2.56. The fourth-order valence-corrected chi connectivity index (χ4v) is 2.56. The number of nitrogens with one attached hydrogen (secondary N) is 1. The quantitative estimate of drug-likeness (QED) is 0.616. The highest BCUT2D eigenvalue weighted by Gasteiger charge is 2.07. The summed E-state index contributed by atoms with van der Waals surface area (Å²) >= 11 is 0. The van der Waals surface area contributed by atoms with Crippen LogP contribution in [0.4, 0.5) is 0 Å². The van der Waals surface area contributed by atoms with Gasteiger partial charge in [-0.25, -0.2) is 0 Å². The molecule has 0 aliphatic heterocycles. The molecule has 0 bridgehead atoms. The first-order chi connectivity index (χ1) is 10.3. The van der Waals surface area contributed by atoms with Gasteiger partial charge in [-0.05, 0) is 35.2 Å². The number of benzene rings is 3. The van der Waals surface area contributed by atoms with Crippen molar-refractivity contribution in [3.05, 3.63) is 84.4 Å². The first-order valence-corrected chi connectivity index (χ1v) is 7.06. The zero-order valence-electron chi connectivity index (χ0n) is 12.0. The van der Waals surface area contributed by atoms with Crippen LogP contribution in [0, 0.1) is 5.41 Å². The molecule has 0 heterocycles. The molecule has 0 spiro atoms. The van der Waals surface area contributed by atoms with Gasteiger partial charge in [0.2, 0.25) is 0 Å². The monoisotopic (exact) mass is 271 g/mol. The van der Waals surface area contributed by atoms with Crippen molar-refractivity contribution in [1.82, 2.24) is 0 Å². The Labute approximate surface area is 125 Å². The molecule has 3 aromatic rings. The Balaban J connectivity index is 2.11. The highest BCUT2D eigenvalue weighted by molar-refractivity contribution is 6.02. The van der Waals surface area contributed by atoms with Gasteiger partial charge < -0.3 is 5.41 Å². The molecule has 0 radical (unpaired) electrons. The Bertz CT molecular complexity index is 773. The number of rotatable bonds is 3. The summed E-state index contributed by atoms with van der Waals surface area (Å²) in [5, 5.41) is 7.94. The molecule has 0 saturated carbocycles. The molecule has 0 atom stereocenters. The van der Waals surface area contributed by atoms with Gasteiger partial charge in [0.25, 0.3) is 0 Å². The van der Waals surface area contributed by atoms with Crippen LogP contribution in [-0.4, -0.2) is 5.71 Å². The Hall–Kier alpha value is -2.67.